The van der Waals surface area contributed by atoms with E-state index in [9.17, 15) is 14.7 Å². The summed E-state index contributed by atoms with van der Waals surface area (Å²) in [5, 5.41) is 16.8. The fourth-order valence-corrected chi connectivity index (χ4v) is 5.08. The molecule has 5 rings (SSSR count). The summed E-state index contributed by atoms with van der Waals surface area (Å²) in [7, 11) is 1.94. The molecular weight excluding hydrogens is 434 g/mol. The van der Waals surface area contributed by atoms with Gasteiger partial charge in [0.05, 0.1) is 13.6 Å². The number of esters is 1. The SMILES string of the molecule is C[N@@+]1(CC(=O)Nc2ncncn2)CCCC(OC(=O)C2([O-])c3ccccc3-c3ccccc32)C1. The van der Waals surface area contributed by atoms with Gasteiger partial charge in [-0.1, -0.05) is 48.5 Å². The molecule has 0 spiro atoms. The maximum Gasteiger partial charge on any atom is 0.304 e. The summed E-state index contributed by atoms with van der Waals surface area (Å²) in [5.74, 6) is -0.837. The van der Waals surface area contributed by atoms with Crippen molar-refractivity contribution in [1.29, 1.82) is 0 Å². The van der Waals surface area contributed by atoms with E-state index in [1.54, 1.807) is 24.3 Å². The Morgan fingerprint density at radius 1 is 1.09 bits per heavy atom. The van der Waals surface area contributed by atoms with E-state index in [2.05, 4.69) is 20.3 Å². The highest BCUT2D eigenvalue weighted by atomic mass is 16.6. The number of ether oxygens (including phenoxy) is 1. The number of quaternary nitrogens is 1. The number of hydrogen-bond donors (Lipinski definition) is 1. The molecule has 0 saturated carbocycles. The highest BCUT2D eigenvalue weighted by molar-refractivity contribution is 5.95. The van der Waals surface area contributed by atoms with E-state index in [-0.39, 0.29) is 18.4 Å². The van der Waals surface area contributed by atoms with Gasteiger partial charge in [0, 0.05) is 12.0 Å². The Hall–Kier alpha value is -3.69. The number of anilines is 1. The van der Waals surface area contributed by atoms with Crippen LogP contribution in [0.25, 0.3) is 11.1 Å². The summed E-state index contributed by atoms with van der Waals surface area (Å²) in [6, 6.07) is 14.4. The van der Waals surface area contributed by atoms with Crippen LogP contribution in [0.1, 0.15) is 24.0 Å². The predicted octanol–water partition coefficient (Wildman–Crippen LogP) is 1.25. The number of fused-ring (bicyclic) bond motifs is 3. The topological polar surface area (TPSA) is 117 Å². The molecule has 0 bridgehead atoms. The van der Waals surface area contributed by atoms with Crippen molar-refractivity contribution in [3.8, 4) is 11.1 Å². The van der Waals surface area contributed by atoms with Gasteiger partial charge in [-0.2, -0.15) is 0 Å². The fourth-order valence-electron chi connectivity index (χ4n) is 5.08. The minimum absolute atomic E-state index is 0.175. The van der Waals surface area contributed by atoms with Gasteiger partial charge in [-0.05, 0) is 28.7 Å². The average molecular weight is 460 g/mol. The molecule has 2 atom stereocenters. The number of carbonyl (C=O) groups is 2. The van der Waals surface area contributed by atoms with Gasteiger partial charge in [-0.15, -0.1) is 0 Å². The van der Waals surface area contributed by atoms with Gasteiger partial charge in [-0.3, -0.25) is 14.9 Å². The lowest BCUT2D eigenvalue weighted by Gasteiger charge is -2.42. The number of aromatic nitrogens is 3. The quantitative estimate of drug-likeness (QED) is 0.451. The van der Waals surface area contributed by atoms with Crippen molar-refractivity contribution in [2.75, 3.05) is 32.0 Å². The number of nitrogens with one attached hydrogen (secondary N) is 1. The van der Waals surface area contributed by atoms with Crippen molar-refractivity contribution >= 4 is 17.8 Å². The number of nitrogens with zero attached hydrogens (tertiary/aromatic N) is 4. The molecule has 2 aromatic carbocycles. The van der Waals surface area contributed by atoms with Crippen molar-refractivity contribution in [2.45, 2.75) is 24.5 Å². The molecule has 1 aliphatic carbocycles. The fraction of sp³-hybridized carbons (Fsp3) is 0.320. The molecule has 1 saturated heterocycles. The Bertz CT molecular complexity index is 1190. The summed E-state index contributed by atoms with van der Waals surface area (Å²) in [6.07, 6.45) is 3.59. The van der Waals surface area contributed by atoms with E-state index < -0.39 is 17.7 Å². The van der Waals surface area contributed by atoms with Crippen molar-refractivity contribution in [3.05, 3.63) is 72.3 Å². The smallest absolute Gasteiger partial charge is 0.304 e. The van der Waals surface area contributed by atoms with E-state index in [0.717, 1.165) is 24.1 Å². The summed E-state index contributed by atoms with van der Waals surface area (Å²) in [5.41, 5.74) is 0.273. The van der Waals surface area contributed by atoms with Crippen molar-refractivity contribution < 1.29 is 23.9 Å². The lowest BCUT2D eigenvalue weighted by atomic mass is 9.91. The van der Waals surface area contributed by atoms with Crippen LogP contribution in [0.15, 0.2) is 61.2 Å². The lowest BCUT2D eigenvalue weighted by molar-refractivity contribution is -0.909. The molecular formula is C25H25N5O4. The van der Waals surface area contributed by atoms with E-state index in [4.69, 9.17) is 4.74 Å². The third-order valence-electron chi connectivity index (χ3n) is 6.60. The van der Waals surface area contributed by atoms with Gasteiger partial charge in [-0.25, -0.2) is 15.0 Å². The monoisotopic (exact) mass is 459 g/mol. The standard InChI is InChI=1S/C25H25N5O4/c1-30(14-22(31)29-24-27-15-26-16-28-24)12-6-7-17(13-30)34-23(32)25(33)20-10-4-2-8-18(20)19-9-3-5-11-21(19)25/h2-5,8-11,15-17H,6-7,12-14H2,1H3,(H,26,27,28,29,31)/t17?,30-/m1/s1. The summed E-state index contributed by atoms with van der Waals surface area (Å²) in [6.45, 7) is 1.37. The third-order valence-corrected chi connectivity index (χ3v) is 6.60. The highest BCUT2D eigenvalue weighted by Crippen LogP contribution is 2.46. The molecule has 1 amide bonds. The molecule has 9 nitrogen and oxygen atoms in total. The maximum atomic E-state index is 14.1. The van der Waals surface area contributed by atoms with Crippen molar-refractivity contribution in [3.63, 3.8) is 0 Å². The van der Waals surface area contributed by atoms with E-state index in [0.29, 0.717) is 28.6 Å². The first-order chi connectivity index (χ1) is 16.4. The van der Waals surface area contributed by atoms with Crippen LogP contribution in [0.3, 0.4) is 0 Å². The molecule has 0 radical (unpaired) electrons. The molecule has 174 valence electrons. The predicted molar refractivity (Wildman–Crippen MR) is 121 cm³/mol. The van der Waals surface area contributed by atoms with Gasteiger partial charge in [0.1, 0.15) is 19.2 Å². The largest absolute Gasteiger partial charge is 0.834 e. The zero-order valence-electron chi connectivity index (χ0n) is 18.8. The average Bonchev–Trinajstić information content (AvgIpc) is 3.09. The van der Waals surface area contributed by atoms with E-state index in [1.165, 1.54) is 12.7 Å². The number of benzene rings is 2. The van der Waals surface area contributed by atoms with Gasteiger partial charge >= 0.3 is 5.97 Å². The molecule has 1 unspecified atom stereocenters. The second-order valence-corrected chi connectivity index (χ2v) is 9.14. The molecule has 34 heavy (non-hydrogen) atoms. The van der Waals surface area contributed by atoms with Gasteiger partial charge < -0.3 is 14.3 Å². The van der Waals surface area contributed by atoms with E-state index in [1.807, 2.05) is 31.3 Å². The second-order valence-electron chi connectivity index (χ2n) is 9.14. The zero-order valence-corrected chi connectivity index (χ0v) is 18.8. The minimum Gasteiger partial charge on any atom is -0.834 e. The molecule has 3 aromatic rings. The summed E-state index contributed by atoms with van der Waals surface area (Å²) >= 11 is 0. The third kappa shape index (κ3) is 3.93. The number of amides is 1. The van der Waals surface area contributed by atoms with Crippen molar-refractivity contribution in [1.82, 2.24) is 15.0 Å². The van der Waals surface area contributed by atoms with Crippen LogP contribution in [-0.4, -0.2) is 64.1 Å². The minimum atomic E-state index is -2.11. The van der Waals surface area contributed by atoms with Gasteiger partial charge in [0.2, 0.25) is 5.95 Å². The Balaban J connectivity index is 1.31. The summed E-state index contributed by atoms with van der Waals surface area (Å²) in [4.78, 5) is 37.5. The van der Waals surface area contributed by atoms with Crippen LogP contribution in [-0.2, 0) is 19.9 Å². The van der Waals surface area contributed by atoms with Crippen LogP contribution >= 0.6 is 0 Å². The Kier molecular flexibility index (Phi) is 5.59. The van der Waals surface area contributed by atoms with Crippen LogP contribution in [0.2, 0.25) is 0 Å². The van der Waals surface area contributed by atoms with Crippen LogP contribution in [0, 0.1) is 0 Å². The Labute approximate surface area is 197 Å². The maximum absolute atomic E-state index is 14.1. The molecule has 1 fully saturated rings. The second kappa shape index (κ2) is 8.58. The van der Waals surface area contributed by atoms with Crippen LogP contribution in [0.5, 0.6) is 0 Å². The van der Waals surface area contributed by atoms with Crippen LogP contribution < -0.4 is 10.4 Å². The molecule has 2 aliphatic rings. The number of piperidine rings is 1. The number of hydrogen-bond acceptors (Lipinski definition) is 7. The molecule has 1 aliphatic heterocycles. The van der Waals surface area contributed by atoms with Crippen LogP contribution in [0.4, 0.5) is 5.95 Å². The summed E-state index contributed by atoms with van der Waals surface area (Å²) < 4.78 is 6.24. The van der Waals surface area contributed by atoms with E-state index >= 15 is 0 Å². The highest BCUT2D eigenvalue weighted by Gasteiger charge is 2.43. The Morgan fingerprint density at radius 2 is 1.71 bits per heavy atom. The molecule has 2 heterocycles. The first-order valence-corrected chi connectivity index (χ1v) is 11.3. The van der Waals surface area contributed by atoms with Crippen molar-refractivity contribution in [2.24, 2.45) is 0 Å². The molecule has 9 heteroatoms. The first-order valence-electron chi connectivity index (χ1n) is 11.3. The number of carbonyl (C=O) groups excluding carboxylic acids is 2. The van der Waals surface area contributed by atoms with Gasteiger partial charge in [0.15, 0.2) is 12.6 Å². The first kappa shape index (κ1) is 22.1. The number of likely N-dealkylation sites (tertiary alicyclic amines) is 1. The Morgan fingerprint density at radius 3 is 2.35 bits per heavy atom. The number of rotatable bonds is 5. The molecule has 1 aromatic heterocycles. The lowest BCUT2D eigenvalue weighted by Crippen LogP contribution is -2.58. The normalized spacial score (nSPS) is 22.4. The van der Waals surface area contributed by atoms with Gasteiger partial charge in [0.25, 0.3) is 5.91 Å². The molecule has 1 N–H and O–H groups in total. The number of likely N-dealkylation sites (N-methyl/N-ethyl adjacent to an activating group) is 1. The zero-order chi connectivity index (χ0) is 23.8.